The Labute approximate surface area is 168 Å². The predicted molar refractivity (Wildman–Crippen MR) is 103 cm³/mol. The lowest BCUT2D eigenvalue weighted by atomic mass is 10.0. The van der Waals surface area contributed by atoms with E-state index in [4.69, 9.17) is 4.52 Å². The van der Waals surface area contributed by atoms with Crippen LogP contribution in [0.15, 0.2) is 77.3 Å². The molecule has 0 bridgehead atoms. The van der Waals surface area contributed by atoms with Crippen molar-refractivity contribution >= 4 is 5.97 Å². The zero-order valence-electron chi connectivity index (χ0n) is 15.2. The molecule has 0 fully saturated rings. The molecule has 0 unspecified atom stereocenters. The maximum atomic E-state index is 12.9. The number of aromatic carboxylic acids is 1. The van der Waals surface area contributed by atoms with Crippen molar-refractivity contribution < 1.29 is 27.6 Å². The number of carboxylic acid groups (broad SMARTS) is 1. The highest BCUT2D eigenvalue weighted by molar-refractivity contribution is 5.94. The summed E-state index contributed by atoms with van der Waals surface area (Å²) in [6, 6.07) is 18.0. The molecule has 4 aromatic rings. The molecular formula is C22H13F3N2O3. The van der Waals surface area contributed by atoms with Crippen LogP contribution in [0, 0.1) is 0 Å². The molecule has 0 radical (unpaired) electrons. The molecule has 1 aromatic heterocycles. The largest absolute Gasteiger partial charge is 0.478 e. The average molecular weight is 410 g/mol. The maximum absolute atomic E-state index is 12.9. The molecule has 1 N–H and O–H groups in total. The molecular weight excluding hydrogens is 397 g/mol. The number of aromatic nitrogens is 2. The smallest absolute Gasteiger partial charge is 0.416 e. The minimum atomic E-state index is -4.41. The van der Waals surface area contributed by atoms with Crippen LogP contribution in [0.2, 0.25) is 0 Å². The second kappa shape index (κ2) is 7.47. The van der Waals surface area contributed by atoms with Crippen molar-refractivity contribution in [3.63, 3.8) is 0 Å². The number of nitrogens with zero attached hydrogens (tertiary/aromatic N) is 2. The van der Waals surface area contributed by atoms with Crippen molar-refractivity contribution in [2.24, 2.45) is 0 Å². The number of carboxylic acids is 1. The summed E-state index contributed by atoms with van der Waals surface area (Å²) >= 11 is 0. The van der Waals surface area contributed by atoms with E-state index in [9.17, 15) is 23.1 Å². The van der Waals surface area contributed by atoms with Crippen molar-refractivity contribution in [2.75, 3.05) is 0 Å². The molecule has 4 rings (SSSR count). The number of carbonyl (C=O) groups is 1. The lowest BCUT2D eigenvalue weighted by Gasteiger charge is -2.09. The van der Waals surface area contributed by atoms with E-state index in [-0.39, 0.29) is 17.3 Å². The first-order valence-electron chi connectivity index (χ1n) is 8.77. The van der Waals surface area contributed by atoms with Crippen LogP contribution in [-0.4, -0.2) is 21.2 Å². The van der Waals surface area contributed by atoms with Crippen LogP contribution in [-0.2, 0) is 6.18 Å². The summed E-state index contributed by atoms with van der Waals surface area (Å²) in [4.78, 5) is 15.6. The van der Waals surface area contributed by atoms with Crippen LogP contribution in [0.5, 0.6) is 0 Å². The SMILES string of the molecule is O=C(O)c1ccccc1-c1nc(-c2ccc(-c3cccc(C(F)(F)F)c3)cc2)no1. The molecule has 0 saturated carbocycles. The number of rotatable bonds is 4. The van der Waals surface area contributed by atoms with Crippen LogP contribution in [0.25, 0.3) is 34.0 Å². The summed E-state index contributed by atoms with van der Waals surface area (Å²) in [5.41, 5.74) is 1.22. The summed E-state index contributed by atoms with van der Waals surface area (Å²) in [6.07, 6.45) is -4.41. The van der Waals surface area contributed by atoms with E-state index in [0.29, 0.717) is 22.3 Å². The Morgan fingerprint density at radius 3 is 2.27 bits per heavy atom. The van der Waals surface area contributed by atoms with Crippen molar-refractivity contribution in [2.45, 2.75) is 6.18 Å². The Morgan fingerprint density at radius 1 is 0.867 bits per heavy atom. The molecule has 0 aliphatic carbocycles. The Kier molecular flexibility index (Phi) is 4.83. The molecule has 0 aliphatic rings. The molecule has 0 saturated heterocycles. The minimum Gasteiger partial charge on any atom is -0.478 e. The highest BCUT2D eigenvalue weighted by atomic mass is 19.4. The van der Waals surface area contributed by atoms with Crippen LogP contribution in [0.3, 0.4) is 0 Å². The number of hydrogen-bond donors (Lipinski definition) is 1. The summed E-state index contributed by atoms with van der Waals surface area (Å²) in [6.45, 7) is 0. The second-order valence-corrected chi connectivity index (χ2v) is 6.43. The fourth-order valence-corrected chi connectivity index (χ4v) is 2.99. The van der Waals surface area contributed by atoms with Crippen molar-refractivity contribution in [1.82, 2.24) is 10.1 Å². The summed E-state index contributed by atoms with van der Waals surface area (Å²) in [7, 11) is 0. The van der Waals surface area contributed by atoms with Crippen LogP contribution >= 0.6 is 0 Å². The van der Waals surface area contributed by atoms with Gasteiger partial charge in [0.05, 0.1) is 16.7 Å². The van der Waals surface area contributed by atoms with Crippen molar-refractivity contribution in [3.05, 3.63) is 83.9 Å². The molecule has 0 aliphatic heterocycles. The lowest BCUT2D eigenvalue weighted by molar-refractivity contribution is -0.137. The van der Waals surface area contributed by atoms with Crippen LogP contribution in [0.4, 0.5) is 13.2 Å². The van der Waals surface area contributed by atoms with E-state index in [1.54, 1.807) is 48.5 Å². The van der Waals surface area contributed by atoms with Gasteiger partial charge in [-0.05, 0) is 35.4 Å². The molecule has 0 spiro atoms. The Bertz CT molecular complexity index is 1210. The predicted octanol–water partition coefficient (Wildman–Crippen LogP) is 5.79. The Hall–Kier alpha value is -3.94. The highest BCUT2D eigenvalue weighted by Gasteiger charge is 2.30. The lowest BCUT2D eigenvalue weighted by Crippen LogP contribution is -2.04. The van der Waals surface area contributed by atoms with E-state index in [1.807, 2.05) is 0 Å². The third-order valence-electron chi connectivity index (χ3n) is 4.48. The monoisotopic (exact) mass is 410 g/mol. The van der Waals surface area contributed by atoms with E-state index >= 15 is 0 Å². The average Bonchev–Trinajstić information content (AvgIpc) is 3.23. The molecule has 150 valence electrons. The van der Waals surface area contributed by atoms with Gasteiger partial charge in [0.25, 0.3) is 5.89 Å². The zero-order valence-corrected chi connectivity index (χ0v) is 15.2. The number of halogens is 3. The summed E-state index contributed by atoms with van der Waals surface area (Å²) in [5.74, 6) is -0.818. The normalized spacial score (nSPS) is 11.4. The molecule has 0 atom stereocenters. The van der Waals surface area contributed by atoms with Gasteiger partial charge in [0, 0.05) is 5.56 Å². The molecule has 0 amide bonds. The standard InChI is InChI=1S/C22H13F3N2O3/c23-22(24,25)16-5-3-4-15(12-16)13-8-10-14(11-9-13)19-26-20(30-27-19)17-6-1-2-7-18(17)21(28)29/h1-12H,(H,28,29). The van der Waals surface area contributed by atoms with E-state index in [0.717, 1.165) is 12.1 Å². The van der Waals surface area contributed by atoms with E-state index in [2.05, 4.69) is 10.1 Å². The van der Waals surface area contributed by atoms with Crippen LogP contribution < -0.4 is 0 Å². The fourth-order valence-electron chi connectivity index (χ4n) is 2.99. The summed E-state index contributed by atoms with van der Waals surface area (Å²) < 4.78 is 44.0. The third kappa shape index (κ3) is 3.80. The second-order valence-electron chi connectivity index (χ2n) is 6.43. The van der Waals surface area contributed by atoms with Gasteiger partial charge in [0.2, 0.25) is 5.82 Å². The van der Waals surface area contributed by atoms with Gasteiger partial charge < -0.3 is 9.63 Å². The zero-order chi connectivity index (χ0) is 21.3. The molecule has 30 heavy (non-hydrogen) atoms. The number of alkyl halides is 3. The number of hydrogen-bond acceptors (Lipinski definition) is 4. The van der Waals surface area contributed by atoms with Gasteiger partial charge in [-0.15, -0.1) is 0 Å². The van der Waals surface area contributed by atoms with Gasteiger partial charge in [0.15, 0.2) is 0 Å². The van der Waals surface area contributed by atoms with Crippen molar-refractivity contribution in [1.29, 1.82) is 0 Å². The molecule has 5 nitrogen and oxygen atoms in total. The topological polar surface area (TPSA) is 76.2 Å². The van der Waals surface area contributed by atoms with Crippen LogP contribution in [0.1, 0.15) is 15.9 Å². The first-order chi connectivity index (χ1) is 14.3. The van der Waals surface area contributed by atoms with Gasteiger partial charge in [0.1, 0.15) is 0 Å². The molecule has 3 aromatic carbocycles. The van der Waals surface area contributed by atoms with Gasteiger partial charge in [-0.1, -0.05) is 53.7 Å². The molecule has 8 heteroatoms. The number of benzene rings is 3. The Balaban J connectivity index is 1.63. The van der Waals surface area contributed by atoms with Gasteiger partial charge in [-0.25, -0.2) is 4.79 Å². The third-order valence-corrected chi connectivity index (χ3v) is 4.48. The quantitative estimate of drug-likeness (QED) is 0.461. The summed E-state index contributed by atoms with van der Waals surface area (Å²) in [5, 5.41) is 13.2. The minimum absolute atomic E-state index is 0.0348. The Morgan fingerprint density at radius 2 is 1.57 bits per heavy atom. The van der Waals surface area contributed by atoms with Gasteiger partial charge >= 0.3 is 12.1 Å². The van der Waals surface area contributed by atoms with E-state index in [1.165, 1.54) is 12.1 Å². The first kappa shape index (κ1) is 19.4. The first-order valence-corrected chi connectivity index (χ1v) is 8.77. The fraction of sp³-hybridized carbons (Fsp3) is 0.0455. The van der Waals surface area contributed by atoms with Gasteiger partial charge in [-0.3, -0.25) is 0 Å². The van der Waals surface area contributed by atoms with E-state index < -0.39 is 17.7 Å². The highest BCUT2D eigenvalue weighted by Crippen LogP contribution is 2.33. The maximum Gasteiger partial charge on any atom is 0.416 e. The van der Waals surface area contributed by atoms with Gasteiger partial charge in [-0.2, -0.15) is 18.2 Å². The molecule has 1 heterocycles. The van der Waals surface area contributed by atoms with Crippen molar-refractivity contribution in [3.8, 4) is 34.0 Å².